The Morgan fingerprint density at radius 3 is 2.59 bits per heavy atom. The Labute approximate surface area is 267 Å². The van der Waals surface area contributed by atoms with E-state index in [1.165, 1.54) is 17.3 Å². The van der Waals surface area contributed by atoms with Gasteiger partial charge in [0.25, 0.3) is 0 Å². The SMILES string of the molecule is Cn1ccnc1Sc1ccc(Nc2c(C#N)cnc3cc(-c4ccc(CNCCCN5CCOCC5)cc4)ccc23)cc1Cl. The largest absolute Gasteiger partial charge is 0.379 e. The number of aryl methyl sites for hydroxylation is 1. The molecule has 0 aliphatic carbocycles. The molecule has 0 atom stereocenters. The minimum Gasteiger partial charge on any atom is -0.379 e. The summed E-state index contributed by atoms with van der Waals surface area (Å²) < 4.78 is 7.37. The van der Waals surface area contributed by atoms with E-state index >= 15 is 0 Å². The minimum atomic E-state index is 0.467. The summed E-state index contributed by atoms with van der Waals surface area (Å²) in [5.74, 6) is 0. The first-order valence-corrected chi connectivity index (χ1v) is 15.9. The Bertz CT molecular complexity index is 1780. The third kappa shape index (κ3) is 7.24. The summed E-state index contributed by atoms with van der Waals surface area (Å²) in [7, 11) is 1.95. The number of benzene rings is 3. The Morgan fingerprint density at radius 2 is 1.84 bits per heavy atom. The van der Waals surface area contributed by atoms with Crippen LogP contribution in [0.3, 0.4) is 0 Å². The Morgan fingerprint density at radius 1 is 1.02 bits per heavy atom. The number of rotatable bonds is 11. The molecular weight excluding hydrogens is 590 g/mol. The monoisotopic (exact) mass is 623 g/mol. The van der Waals surface area contributed by atoms with Gasteiger partial charge in [0.15, 0.2) is 5.16 Å². The molecule has 3 heterocycles. The summed E-state index contributed by atoms with van der Waals surface area (Å²) in [6, 6.07) is 22.9. The summed E-state index contributed by atoms with van der Waals surface area (Å²) in [4.78, 5) is 12.3. The fourth-order valence-electron chi connectivity index (χ4n) is 5.25. The molecular formula is C34H34ClN7OS. The number of morpholine rings is 1. The molecule has 1 saturated heterocycles. The quantitative estimate of drug-likeness (QED) is 0.154. The Kier molecular flexibility index (Phi) is 9.76. The van der Waals surface area contributed by atoms with Crippen LogP contribution in [0.25, 0.3) is 22.0 Å². The summed E-state index contributed by atoms with van der Waals surface area (Å²) in [6.45, 7) is 6.74. The first-order chi connectivity index (χ1) is 21.6. The highest BCUT2D eigenvalue weighted by molar-refractivity contribution is 7.99. The van der Waals surface area contributed by atoms with Crippen LogP contribution in [0, 0.1) is 11.3 Å². The lowest BCUT2D eigenvalue weighted by molar-refractivity contribution is 0.0374. The lowest BCUT2D eigenvalue weighted by Crippen LogP contribution is -2.37. The number of pyridine rings is 1. The van der Waals surface area contributed by atoms with Gasteiger partial charge in [-0.3, -0.25) is 9.88 Å². The lowest BCUT2D eigenvalue weighted by atomic mass is 10.0. The van der Waals surface area contributed by atoms with Crippen molar-refractivity contribution in [3.05, 3.63) is 95.4 Å². The average molecular weight is 624 g/mol. The second-order valence-electron chi connectivity index (χ2n) is 10.8. The second kappa shape index (κ2) is 14.2. The van der Waals surface area contributed by atoms with Crippen molar-refractivity contribution in [1.29, 1.82) is 5.26 Å². The van der Waals surface area contributed by atoms with Gasteiger partial charge < -0.3 is 19.9 Å². The normalized spacial score (nSPS) is 13.7. The first kappa shape index (κ1) is 30.1. The van der Waals surface area contributed by atoms with Crippen LogP contribution in [0.4, 0.5) is 11.4 Å². The maximum absolute atomic E-state index is 9.85. The molecule has 0 bridgehead atoms. The van der Waals surface area contributed by atoms with Crippen molar-refractivity contribution in [2.45, 2.75) is 23.0 Å². The molecule has 8 nitrogen and oxygen atoms in total. The fourth-order valence-corrected chi connectivity index (χ4v) is 6.35. The highest BCUT2D eigenvalue weighted by atomic mass is 35.5. The first-order valence-electron chi connectivity index (χ1n) is 14.7. The van der Waals surface area contributed by atoms with Crippen molar-refractivity contribution in [3.63, 3.8) is 0 Å². The van der Waals surface area contributed by atoms with E-state index in [-0.39, 0.29) is 0 Å². The molecule has 10 heteroatoms. The number of nitrogens with one attached hydrogen (secondary N) is 2. The number of nitriles is 1. The van der Waals surface area contributed by atoms with Crippen LogP contribution in [0.15, 0.2) is 89.3 Å². The molecule has 224 valence electrons. The third-order valence-corrected chi connectivity index (χ3v) is 9.29. The van der Waals surface area contributed by atoms with Crippen LogP contribution >= 0.6 is 23.4 Å². The van der Waals surface area contributed by atoms with E-state index in [1.54, 1.807) is 12.4 Å². The van der Waals surface area contributed by atoms with Crippen LogP contribution in [-0.2, 0) is 18.3 Å². The molecule has 0 unspecified atom stereocenters. The molecule has 2 N–H and O–H groups in total. The van der Waals surface area contributed by atoms with Gasteiger partial charge in [-0.15, -0.1) is 0 Å². The van der Waals surface area contributed by atoms with Crippen molar-refractivity contribution in [2.24, 2.45) is 7.05 Å². The van der Waals surface area contributed by atoms with Crippen molar-refractivity contribution in [1.82, 2.24) is 24.8 Å². The molecule has 44 heavy (non-hydrogen) atoms. The maximum atomic E-state index is 9.85. The van der Waals surface area contributed by atoms with Gasteiger partial charge in [-0.1, -0.05) is 59.8 Å². The number of hydrogen-bond donors (Lipinski definition) is 2. The fraction of sp³-hybridized carbons (Fsp3) is 0.265. The van der Waals surface area contributed by atoms with E-state index < -0.39 is 0 Å². The predicted molar refractivity (Wildman–Crippen MR) is 178 cm³/mol. The third-order valence-electron chi connectivity index (χ3n) is 7.72. The highest BCUT2D eigenvalue weighted by Gasteiger charge is 2.13. The van der Waals surface area contributed by atoms with Crippen LogP contribution in [0.1, 0.15) is 17.5 Å². The molecule has 0 radical (unpaired) electrons. The van der Waals surface area contributed by atoms with Crippen LogP contribution in [0.5, 0.6) is 0 Å². The Hall–Kier alpha value is -3.91. The molecule has 0 spiro atoms. The summed E-state index contributed by atoms with van der Waals surface area (Å²) in [5, 5.41) is 19.2. The van der Waals surface area contributed by atoms with Crippen molar-refractivity contribution >= 4 is 45.6 Å². The van der Waals surface area contributed by atoms with Crippen LogP contribution in [0.2, 0.25) is 5.02 Å². The zero-order chi connectivity index (χ0) is 30.3. The zero-order valence-electron chi connectivity index (χ0n) is 24.6. The topological polar surface area (TPSA) is 91.0 Å². The van der Waals surface area contributed by atoms with Gasteiger partial charge in [0.2, 0.25) is 0 Å². The average Bonchev–Trinajstić information content (AvgIpc) is 3.46. The molecule has 5 aromatic rings. The molecule has 0 saturated carbocycles. The van der Waals surface area contributed by atoms with Gasteiger partial charge in [-0.25, -0.2) is 4.98 Å². The molecule has 1 aliphatic rings. The standard InChI is InChI=1S/C34H34ClN7OS/c1-41-14-12-38-34(41)44-32-10-8-28(20-30(32)35)40-33-27(21-36)23-39-31-19-26(7-9-29(31)33)25-5-3-24(4-6-25)22-37-11-2-13-42-15-17-43-18-16-42/h3-10,12,14,19-20,23,37H,2,11,13,15-18,22H2,1H3,(H,39,40). The number of anilines is 2. The number of ether oxygens (including phenoxy) is 1. The van der Waals surface area contributed by atoms with Gasteiger partial charge in [0.1, 0.15) is 6.07 Å². The Balaban J connectivity index is 1.12. The lowest BCUT2D eigenvalue weighted by Gasteiger charge is -2.26. The second-order valence-corrected chi connectivity index (χ2v) is 12.2. The number of aromatic nitrogens is 3. The van der Waals surface area contributed by atoms with E-state index in [0.29, 0.717) is 16.3 Å². The summed E-state index contributed by atoms with van der Waals surface area (Å²) in [6.07, 6.45) is 6.42. The van der Waals surface area contributed by atoms with Crippen LogP contribution < -0.4 is 10.6 Å². The highest BCUT2D eigenvalue weighted by Crippen LogP contribution is 2.36. The van der Waals surface area contributed by atoms with Crippen molar-refractivity contribution in [3.8, 4) is 17.2 Å². The predicted octanol–water partition coefficient (Wildman–Crippen LogP) is 6.87. The van der Waals surface area contributed by atoms with E-state index in [9.17, 15) is 5.26 Å². The van der Waals surface area contributed by atoms with Crippen molar-refractivity contribution < 1.29 is 4.74 Å². The van der Waals surface area contributed by atoms with Gasteiger partial charge in [0, 0.05) is 61.2 Å². The number of hydrogen-bond acceptors (Lipinski definition) is 8. The molecule has 1 fully saturated rings. The van der Waals surface area contributed by atoms with E-state index in [1.807, 2.05) is 42.1 Å². The molecule has 3 aromatic carbocycles. The van der Waals surface area contributed by atoms with Crippen molar-refractivity contribution in [2.75, 3.05) is 44.7 Å². The van der Waals surface area contributed by atoms with Gasteiger partial charge in [0.05, 0.1) is 35.0 Å². The number of nitrogens with zero attached hydrogens (tertiary/aromatic N) is 5. The smallest absolute Gasteiger partial charge is 0.172 e. The minimum absolute atomic E-state index is 0.467. The molecule has 2 aromatic heterocycles. The molecule has 0 amide bonds. The zero-order valence-corrected chi connectivity index (χ0v) is 26.2. The van der Waals surface area contributed by atoms with Crippen LogP contribution in [-0.4, -0.2) is 58.8 Å². The van der Waals surface area contributed by atoms with Gasteiger partial charge in [-0.05, 0) is 60.5 Å². The molecule has 6 rings (SSSR count). The number of halogens is 1. The number of fused-ring (bicyclic) bond motifs is 1. The summed E-state index contributed by atoms with van der Waals surface area (Å²) in [5.41, 5.74) is 6.22. The summed E-state index contributed by atoms with van der Waals surface area (Å²) >= 11 is 8.15. The van der Waals surface area contributed by atoms with E-state index in [2.05, 4.69) is 68.0 Å². The molecule has 1 aliphatic heterocycles. The number of imidazole rings is 1. The van der Waals surface area contributed by atoms with Gasteiger partial charge in [-0.2, -0.15) is 5.26 Å². The van der Waals surface area contributed by atoms with E-state index in [0.717, 1.165) is 90.1 Å². The maximum Gasteiger partial charge on any atom is 0.172 e. The van der Waals surface area contributed by atoms with Gasteiger partial charge >= 0.3 is 0 Å². The van der Waals surface area contributed by atoms with E-state index in [4.69, 9.17) is 16.3 Å².